The van der Waals surface area contributed by atoms with Gasteiger partial charge in [0.15, 0.2) is 0 Å². The maximum Gasteiger partial charge on any atom is 0.248 e. The first-order valence-corrected chi connectivity index (χ1v) is 13.3. The highest BCUT2D eigenvalue weighted by atomic mass is 32.2. The summed E-state index contributed by atoms with van der Waals surface area (Å²) in [6.07, 6.45) is 2.08. The molecule has 2 aliphatic rings. The number of piperidine rings is 1. The summed E-state index contributed by atoms with van der Waals surface area (Å²) < 4.78 is 30.0. The number of nitrogens with zero attached hydrogens (tertiary/aromatic N) is 4. The lowest BCUT2D eigenvalue weighted by atomic mass is 9.98. The van der Waals surface area contributed by atoms with Gasteiger partial charge in [0.2, 0.25) is 21.8 Å². The number of sulfonamides is 1. The van der Waals surface area contributed by atoms with Crippen LogP contribution >= 0.6 is 0 Å². The molecule has 0 spiro atoms. The van der Waals surface area contributed by atoms with Crippen LogP contribution in [-0.2, 0) is 32.6 Å². The fourth-order valence-electron chi connectivity index (χ4n) is 4.92. The number of benzene rings is 1. The monoisotopic (exact) mass is 487 g/mol. The number of amides is 2. The van der Waals surface area contributed by atoms with E-state index in [2.05, 4.69) is 10.4 Å². The number of para-hydroxylation sites is 1. The number of carbonyl (C=O) groups excluding carboxylic acids is 2. The average molecular weight is 488 g/mol. The predicted molar refractivity (Wildman–Crippen MR) is 129 cm³/mol. The Kier molecular flexibility index (Phi) is 6.82. The number of anilines is 1. The summed E-state index contributed by atoms with van der Waals surface area (Å²) in [7, 11) is -3.86. The SMILES string of the molecule is Cc1nn(CC(=O)N2CCc3ccccc32)c(C)c1S(=O)(=O)N1CCC[C@H](C(=O)NC(C)C)C1. The molecular formula is C24H33N5O4S. The molecule has 2 amide bonds. The van der Waals surface area contributed by atoms with Crippen LogP contribution in [0, 0.1) is 19.8 Å². The number of hydrogen-bond donors (Lipinski definition) is 1. The van der Waals surface area contributed by atoms with E-state index in [-0.39, 0.29) is 41.8 Å². The van der Waals surface area contributed by atoms with Gasteiger partial charge in [-0.1, -0.05) is 18.2 Å². The first-order chi connectivity index (χ1) is 16.1. The highest BCUT2D eigenvalue weighted by Gasteiger charge is 2.37. The lowest BCUT2D eigenvalue weighted by Crippen LogP contribution is -2.46. The van der Waals surface area contributed by atoms with E-state index in [1.165, 1.54) is 8.99 Å². The number of aromatic nitrogens is 2. The van der Waals surface area contributed by atoms with Crippen LogP contribution in [0.5, 0.6) is 0 Å². The van der Waals surface area contributed by atoms with Gasteiger partial charge in [-0.25, -0.2) is 8.42 Å². The van der Waals surface area contributed by atoms with Gasteiger partial charge >= 0.3 is 0 Å². The Hall–Kier alpha value is -2.72. The van der Waals surface area contributed by atoms with E-state index in [1.807, 2.05) is 38.1 Å². The van der Waals surface area contributed by atoms with E-state index >= 15 is 0 Å². The van der Waals surface area contributed by atoms with Crippen molar-refractivity contribution in [3.8, 4) is 0 Å². The number of hydrogen-bond acceptors (Lipinski definition) is 5. The number of nitrogens with one attached hydrogen (secondary N) is 1. The molecule has 10 heteroatoms. The van der Waals surface area contributed by atoms with Gasteiger partial charge in [0, 0.05) is 31.4 Å². The maximum absolute atomic E-state index is 13.6. The van der Waals surface area contributed by atoms with Crippen LogP contribution in [0.3, 0.4) is 0 Å². The topological polar surface area (TPSA) is 105 Å². The van der Waals surface area contributed by atoms with Gasteiger partial charge in [-0.2, -0.15) is 9.40 Å². The smallest absolute Gasteiger partial charge is 0.248 e. The van der Waals surface area contributed by atoms with E-state index in [4.69, 9.17) is 0 Å². The molecule has 1 atom stereocenters. The number of fused-ring (bicyclic) bond motifs is 1. The fourth-order valence-corrected chi connectivity index (χ4v) is 6.82. The molecule has 1 N–H and O–H groups in total. The van der Waals surface area contributed by atoms with Gasteiger partial charge in [-0.3, -0.25) is 14.3 Å². The molecule has 184 valence electrons. The first kappa shape index (κ1) is 24.4. The largest absolute Gasteiger partial charge is 0.354 e. The molecule has 9 nitrogen and oxygen atoms in total. The normalized spacial score (nSPS) is 18.9. The molecule has 0 unspecified atom stereocenters. The molecule has 0 saturated carbocycles. The van der Waals surface area contributed by atoms with Gasteiger partial charge in [-0.15, -0.1) is 0 Å². The Balaban J connectivity index is 1.53. The van der Waals surface area contributed by atoms with Crippen molar-refractivity contribution >= 4 is 27.5 Å². The zero-order chi connectivity index (χ0) is 24.6. The summed E-state index contributed by atoms with van der Waals surface area (Å²) in [4.78, 5) is 27.4. The van der Waals surface area contributed by atoms with Gasteiger partial charge in [0.1, 0.15) is 11.4 Å². The lowest BCUT2D eigenvalue weighted by molar-refractivity contribution is -0.126. The van der Waals surface area contributed by atoms with E-state index in [0.29, 0.717) is 37.3 Å². The summed E-state index contributed by atoms with van der Waals surface area (Å²) in [5.74, 6) is -0.614. The number of aryl methyl sites for hydroxylation is 1. The molecule has 0 radical (unpaired) electrons. The number of carbonyl (C=O) groups is 2. The van der Waals surface area contributed by atoms with E-state index < -0.39 is 10.0 Å². The third-order valence-electron chi connectivity index (χ3n) is 6.57. The maximum atomic E-state index is 13.6. The molecule has 4 rings (SSSR count). The summed E-state index contributed by atoms with van der Waals surface area (Å²) in [6.45, 7) is 8.20. The molecule has 3 heterocycles. The molecule has 1 saturated heterocycles. The summed E-state index contributed by atoms with van der Waals surface area (Å²) >= 11 is 0. The molecule has 1 fully saturated rings. The third kappa shape index (κ3) is 4.61. The Bertz CT molecular complexity index is 1200. The van der Waals surface area contributed by atoms with Crippen molar-refractivity contribution < 1.29 is 18.0 Å². The minimum absolute atomic E-state index is 0.00214. The molecule has 0 bridgehead atoms. The quantitative estimate of drug-likeness (QED) is 0.671. The standard InChI is InChI=1S/C24H33N5O4S/c1-16(2)25-24(31)20-9-7-12-27(14-20)34(32,33)23-17(3)26-29(18(23)4)15-22(30)28-13-11-19-8-5-6-10-21(19)28/h5-6,8,10,16,20H,7,9,11-15H2,1-4H3,(H,25,31)/t20-/m0/s1. The molecule has 1 aromatic heterocycles. The van der Waals surface area contributed by atoms with Gasteiger partial charge in [0.25, 0.3) is 0 Å². The van der Waals surface area contributed by atoms with E-state index in [9.17, 15) is 18.0 Å². The van der Waals surface area contributed by atoms with Crippen molar-refractivity contribution in [1.29, 1.82) is 0 Å². The van der Waals surface area contributed by atoms with Gasteiger partial charge < -0.3 is 10.2 Å². The highest BCUT2D eigenvalue weighted by Crippen LogP contribution is 2.30. The Labute approximate surface area is 201 Å². The van der Waals surface area contributed by atoms with Crippen molar-refractivity contribution in [2.24, 2.45) is 5.92 Å². The Morgan fingerprint density at radius 3 is 2.65 bits per heavy atom. The Morgan fingerprint density at radius 2 is 1.91 bits per heavy atom. The summed E-state index contributed by atoms with van der Waals surface area (Å²) in [5.41, 5.74) is 2.84. The molecule has 34 heavy (non-hydrogen) atoms. The van der Waals surface area contributed by atoms with Crippen LogP contribution in [0.15, 0.2) is 29.2 Å². The van der Waals surface area contributed by atoms with Crippen molar-refractivity contribution in [3.63, 3.8) is 0 Å². The van der Waals surface area contributed by atoms with Crippen molar-refractivity contribution in [1.82, 2.24) is 19.4 Å². The first-order valence-electron chi connectivity index (χ1n) is 11.8. The average Bonchev–Trinajstić information content (AvgIpc) is 3.34. The lowest BCUT2D eigenvalue weighted by Gasteiger charge is -2.31. The van der Waals surface area contributed by atoms with Crippen molar-refractivity contribution in [3.05, 3.63) is 41.2 Å². The molecule has 2 aliphatic heterocycles. The molecule has 2 aromatic rings. The van der Waals surface area contributed by atoms with Crippen LogP contribution < -0.4 is 10.2 Å². The number of rotatable bonds is 6. The second-order valence-corrected chi connectivity index (χ2v) is 11.3. The zero-order valence-electron chi connectivity index (χ0n) is 20.2. The third-order valence-corrected chi connectivity index (χ3v) is 8.69. The predicted octanol–water partition coefficient (Wildman–Crippen LogP) is 2.01. The van der Waals surface area contributed by atoms with Crippen LogP contribution in [0.1, 0.15) is 43.6 Å². The van der Waals surface area contributed by atoms with Crippen molar-refractivity contribution in [2.75, 3.05) is 24.5 Å². The van der Waals surface area contributed by atoms with E-state index in [0.717, 1.165) is 17.7 Å². The van der Waals surface area contributed by atoms with Crippen LogP contribution in [0.4, 0.5) is 5.69 Å². The van der Waals surface area contributed by atoms with Gasteiger partial charge in [0.05, 0.1) is 17.3 Å². The minimum Gasteiger partial charge on any atom is -0.354 e. The summed E-state index contributed by atoms with van der Waals surface area (Å²) in [5, 5.41) is 7.30. The fraction of sp³-hybridized carbons (Fsp3) is 0.542. The van der Waals surface area contributed by atoms with Crippen molar-refractivity contribution in [2.45, 2.75) is 64.4 Å². The minimum atomic E-state index is -3.86. The molecular weight excluding hydrogens is 454 g/mol. The Morgan fingerprint density at radius 1 is 1.18 bits per heavy atom. The van der Waals surface area contributed by atoms with Gasteiger partial charge in [-0.05, 0) is 58.6 Å². The highest BCUT2D eigenvalue weighted by molar-refractivity contribution is 7.89. The van der Waals surface area contributed by atoms with Crippen LogP contribution in [0.25, 0.3) is 0 Å². The summed E-state index contributed by atoms with van der Waals surface area (Å²) in [6, 6.07) is 7.82. The molecule has 0 aliphatic carbocycles. The second-order valence-electron chi connectivity index (χ2n) is 9.45. The molecule has 1 aromatic carbocycles. The van der Waals surface area contributed by atoms with E-state index in [1.54, 1.807) is 18.7 Å². The van der Waals surface area contributed by atoms with Crippen LogP contribution in [-0.4, -0.2) is 60.0 Å². The van der Waals surface area contributed by atoms with Crippen LogP contribution in [0.2, 0.25) is 0 Å². The second kappa shape index (κ2) is 9.50. The zero-order valence-corrected chi connectivity index (χ0v) is 21.1.